The minimum absolute atomic E-state index is 0.00769. The van der Waals surface area contributed by atoms with Crippen molar-refractivity contribution in [3.8, 4) is 5.75 Å². The van der Waals surface area contributed by atoms with Gasteiger partial charge in [0.05, 0.1) is 24.8 Å². The van der Waals surface area contributed by atoms with Crippen LogP contribution in [0.2, 0.25) is 5.02 Å². The average Bonchev–Trinajstić information content (AvgIpc) is 3.38. The van der Waals surface area contributed by atoms with Gasteiger partial charge in [-0.1, -0.05) is 42.8 Å². The summed E-state index contributed by atoms with van der Waals surface area (Å²) in [5.41, 5.74) is 2.87. The van der Waals surface area contributed by atoms with Gasteiger partial charge in [0, 0.05) is 29.7 Å². The van der Waals surface area contributed by atoms with Crippen molar-refractivity contribution in [2.24, 2.45) is 0 Å². The van der Waals surface area contributed by atoms with Gasteiger partial charge < -0.3 is 19.1 Å². The van der Waals surface area contributed by atoms with Crippen molar-refractivity contribution in [3.63, 3.8) is 0 Å². The van der Waals surface area contributed by atoms with Crippen molar-refractivity contribution in [2.45, 2.75) is 58.2 Å². The lowest BCUT2D eigenvalue weighted by Gasteiger charge is -2.35. The van der Waals surface area contributed by atoms with Crippen molar-refractivity contribution >= 4 is 23.5 Å². The highest BCUT2D eigenvalue weighted by atomic mass is 35.5. The lowest BCUT2D eigenvalue weighted by atomic mass is 9.83. The molecule has 0 N–H and O–H groups in total. The molecule has 4 rings (SSSR count). The number of rotatable bonds is 9. The van der Waals surface area contributed by atoms with Crippen molar-refractivity contribution in [1.82, 2.24) is 4.90 Å². The van der Waals surface area contributed by atoms with Crippen LogP contribution in [-0.4, -0.2) is 42.6 Å². The smallest absolute Gasteiger partial charge is 0.336 e. The van der Waals surface area contributed by atoms with Crippen molar-refractivity contribution in [2.75, 3.05) is 19.8 Å². The molecular weight excluding hydrogens is 466 g/mol. The number of carbonyl (C=O) groups is 2. The Bertz CT molecular complexity index is 1060. The number of hydrogen-bond acceptors (Lipinski definition) is 5. The normalized spacial score (nSPS) is 20.3. The van der Waals surface area contributed by atoms with Gasteiger partial charge in [0.2, 0.25) is 5.91 Å². The maximum atomic E-state index is 13.4. The van der Waals surface area contributed by atoms with Crippen molar-refractivity contribution in [3.05, 3.63) is 76.0 Å². The third-order valence-corrected chi connectivity index (χ3v) is 6.74. The van der Waals surface area contributed by atoms with E-state index in [0.717, 1.165) is 36.1 Å². The second-order valence-corrected chi connectivity index (χ2v) is 9.45. The standard InChI is InChI=1S/C28H32ClNO5/c1-3-14-33-23-12-6-20(7-13-23)18-35-28(32)27-19(2)30(17-24-5-4-15-34-24)26(31)16-25(27)21-8-10-22(29)11-9-21/h6-13,24-25H,3-5,14-18H2,1-2H3. The molecule has 2 atom stereocenters. The summed E-state index contributed by atoms with van der Waals surface area (Å²) in [5, 5.41) is 0.604. The number of halogens is 1. The van der Waals surface area contributed by atoms with Gasteiger partial charge in [0.1, 0.15) is 12.4 Å². The predicted octanol–water partition coefficient (Wildman–Crippen LogP) is 5.64. The maximum Gasteiger partial charge on any atom is 0.336 e. The monoisotopic (exact) mass is 497 g/mol. The molecule has 0 radical (unpaired) electrons. The molecule has 2 aromatic carbocycles. The molecule has 0 saturated carbocycles. The summed E-state index contributed by atoms with van der Waals surface area (Å²) in [6.45, 7) is 5.84. The van der Waals surface area contributed by atoms with Gasteiger partial charge in [-0.3, -0.25) is 4.79 Å². The van der Waals surface area contributed by atoms with Crippen LogP contribution in [0.1, 0.15) is 56.6 Å². The summed E-state index contributed by atoms with van der Waals surface area (Å²) < 4.78 is 17.1. The van der Waals surface area contributed by atoms with Crippen molar-refractivity contribution in [1.29, 1.82) is 0 Å². The Hall–Kier alpha value is -2.83. The van der Waals surface area contributed by atoms with Crippen LogP contribution in [0.5, 0.6) is 5.75 Å². The molecule has 6 nitrogen and oxygen atoms in total. The first-order valence-corrected chi connectivity index (χ1v) is 12.6. The summed E-state index contributed by atoms with van der Waals surface area (Å²) in [5.74, 6) is -0.0348. The highest BCUT2D eigenvalue weighted by Crippen LogP contribution is 2.38. The first-order chi connectivity index (χ1) is 17.0. The molecule has 0 spiro atoms. The fourth-order valence-corrected chi connectivity index (χ4v) is 4.73. The molecule has 0 bridgehead atoms. The third-order valence-electron chi connectivity index (χ3n) is 6.49. The summed E-state index contributed by atoms with van der Waals surface area (Å²) >= 11 is 6.08. The zero-order valence-corrected chi connectivity index (χ0v) is 21.1. The quantitative estimate of drug-likeness (QED) is 0.419. The van der Waals surface area contributed by atoms with E-state index in [-0.39, 0.29) is 25.0 Å². The molecule has 1 amide bonds. The molecule has 2 aliphatic rings. The predicted molar refractivity (Wildman–Crippen MR) is 134 cm³/mol. The van der Waals surface area contributed by atoms with E-state index in [1.807, 2.05) is 43.3 Å². The number of allylic oxidation sites excluding steroid dienone is 1. The van der Waals surface area contributed by atoms with Crippen LogP contribution >= 0.6 is 11.6 Å². The number of hydrogen-bond donors (Lipinski definition) is 0. The number of carbonyl (C=O) groups excluding carboxylic acids is 2. The summed E-state index contributed by atoms with van der Waals surface area (Å²) in [4.78, 5) is 28.3. The van der Waals surface area contributed by atoms with Gasteiger partial charge in [-0.2, -0.15) is 0 Å². The second kappa shape index (κ2) is 11.7. The molecule has 7 heteroatoms. The Morgan fingerprint density at radius 1 is 1.14 bits per heavy atom. The molecule has 186 valence electrons. The Balaban J connectivity index is 1.55. The van der Waals surface area contributed by atoms with Crippen LogP contribution in [0, 0.1) is 0 Å². The van der Waals surface area contributed by atoms with Gasteiger partial charge in [0.15, 0.2) is 0 Å². The Morgan fingerprint density at radius 2 is 1.89 bits per heavy atom. The molecule has 2 heterocycles. The number of nitrogens with zero attached hydrogens (tertiary/aromatic N) is 1. The van der Waals surface area contributed by atoms with E-state index in [1.54, 1.807) is 17.0 Å². The molecular formula is C28H32ClNO5. The average molecular weight is 498 g/mol. The fraction of sp³-hybridized carbons (Fsp3) is 0.429. The number of amides is 1. The zero-order chi connectivity index (χ0) is 24.8. The van der Waals surface area contributed by atoms with E-state index in [1.165, 1.54) is 0 Å². The molecule has 35 heavy (non-hydrogen) atoms. The van der Waals surface area contributed by atoms with Gasteiger partial charge in [-0.25, -0.2) is 4.79 Å². The number of ether oxygens (including phenoxy) is 3. The van der Waals surface area contributed by atoms with Crippen LogP contribution in [-0.2, 0) is 25.7 Å². The highest BCUT2D eigenvalue weighted by molar-refractivity contribution is 6.30. The van der Waals surface area contributed by atoms with Crippen LogP contribution in [0.25, 0.3) is 0 Å². The van der Waals surface area contributed by atoms with Crippen LogP contribution < -0.4 is 4.74 Å². The van der Waals surface area contributed by atoms with Crippen LogP contribution in [0.3, 0.4) is 0 Å². The lowest BCUT2D eigenvalue weighted by Crippen LogP contribution is -2.42. The SMILES string of the molecule is CCCOc1ccc(COC(=O)C2=C(C)N(CC3CCCO3)C(=O)CC2c2ccc(Cl)cc2)cc1. The Labute approximate surface area is 211 Å². The third kappa shape index (κ3) is 6.24. The van der Waals surface area contributed by atoms with E-state index >= 15 is 0 Å². The molecule has 2 aliphatic heterocycles. The van der Waals surface area contributed by atoms with Crippen LogP contribution in [0.15, 0.2) is 59.8 Å². The van der Waals surface area contributed by atoms with Crippen molar-refractivity contribution < 1.29 is 23.8 Å². The van der Waals surface area contributed by atoms with Gasteiger partial charge >= 0.3 is 5.97 Å². The minimum atomic E-state index is -0.418. The summed E-state index contributed by atoms with van der Waals surface area (Å²) in [7, 11) is 0. The molecule has 0 aromatic heterocycles. The highest BCUT2D eigenvalue weighted by Gasteiger charge is 2.38. The van der Waals surface area contributed by atoms with E-state index < -0.39 is 11.9 Å². The topological polar surface area (TPSA) is 65.1 Å². The Morgan fingerprint density at radius 3 is 2.54 bits per heavy atom. The van der Waals surface area contributed by atoms with Gasteiger partial charge in [0.25, 0.3) is 0 Å². The number of esters is 1. The molecule has 2 unspecified atom stereocenters. The van der Waals surface area contributed by atoms with E-state index in [9.17, 15) is 9.59 Å². The van der Waals surface area contributed by atoms with E-state index in [2.05, 4.69) is 6.92 Å². The fourth-order valence-electron chi connectivity index (χ4n) is 4.60. The largest absolute Gasteiger partial charge is 0.494 e. The minimum Gasteiger partial charge on any atom is -0.494 e. The first-order valence-electron chi connectivity index (χ1n) is 12.2. The summed E-state index contributed by atoms with van der Waals surface area (Å²) in [6, 6.07) is 14.8. The van der Waals surface area contributed by atoms with E-state index in [0.29, 0.717) is 36.1 Å². The number of benzene rings is 2. The summed E-state index contributed by atoms with van der Waals surface area (Å²) in [6.07, 6.45) is 3.02. The second-order valence-electron chi connectivity index (χ2n) is 9.02. The van der Waals surface area contributed by atoms with Gasteiger partial charge in [-0.15, -0.1) is 0 Å². The molecule has 1 fully saturated rings. The maximum absolute atomic E-state index is 13.4. The lowest BCUT2D eigenvalue weighted by molar-refractivity contribution is -0.141. The van der Waals surface area contributed by atoms with Gasteiger partial charge in [-0.05, 0) is 61.6 Å². The molecule has 1 saturated heterocycles. The Kier molecular flexibility index (Phi) is 8.47. The van der Waals surface area contributed by atoms with Crippen LogP contribution in [0.4, 0.5) is 0 Å². The van der Waals surface area contributed by atoms with E-state index in [4.69, 9.17) is 25.8 Å². The first kappa shape index (κ1) is 25.3. The molecule has 0 aliphatic carbocycles. The molecule has 2 aromatic rings. The zero-order valence-electron chi connectivity index (χ0n) is 20.3.